The number of hydrogen-bond donors (Lipinski definition) is 0. The van der Waals surface area contributed by atoms with Crippen molar-refractivity contribution in [2.45, 2.75) is 6.92 Å². The monoisotopic (exact) mass is 349 g/mol. The largest absolute Gasteiger partial charge is 0.366 e. The Kier molecular flexibility index (Phi) is 4.10. The number of nitrogens with zero attached hydrogens (tertiary/aromatic N) is 3. The number of aromatic nitrogens is 1. The molecule has 1 saturated heterocycles. The molecule has 0 N–H and O–H groups in total. The zero-order valence-electron chi connectivity index (χ0n) is 11.9. The van der Waals surface area contributed by atoms with Gasteiger partial charge < -0.3 is 9.80 Å². The number of halogens is 2. The zero-order chi connectivity index (χ0) is 14.8. The number of rotatable bonds is 2. The van der Waals surface area contributed by atoms with Gasteiger partial charge in [-0.2, -0.15) is 0 Å². The van der Waals surface area contributed by atoms with Crippen molar-refractivity contribution in [3.05, 3.63) is 52.4 Å². The van der Waals surface area contributed by atoms with Gasteiger partial charge in [-0.3, -0.25) is 0 Å². The quantitative estimate of drug-likeness (QED) is 0.825. The number of para-hydroxylation sites is 1. The molecule has 1 aliphatic heterocycles. The van der Waals surface area contributed by atoms with E-state index >= 15 is 0 Å². The Morgan fingerprint density at radius 3 is 2.43 bits per heavy atom. The average molecular weight is 350 g/mol. The van der Waals surface area contributed by atoms with Gasteiger partial charge in [-0.05, 0) is 46.6 Å². The van der Waals surface area contributed by atoms with Gasteiger partial charge in [-0.25, -0.2) is 9.37 Å². The standard InChI is InChI=1S/C16H17BrFN3/c1-12-10-13(17)16(19-11-12)21-8-6-20(7-9-21)15-5-3-2-4-14(15)18/h2-5,10-11H,6-9H2,1H3. The van der Waals surface area contributed by atoms with Crippen molar-refractivity contribution in [3.63, 3.8) is 0 Å². The third-order valence-corrected chi connectivity index (χ3v) is 4.31. The maximum atomic E-state index is 13.8. The van der Waals surface area contributed by atoms with Crippen LogP contribution in [0.2, 0.25) is 0 Å². The van der Waals surface area contributed by atoms with Crippen molar-refractivity contribution in [3.8, 4) is 0 Å². The summed E-state index contributed by atoms with van der Waals surface area (Å²) in [7, 11) is 0. The van der Waals surface area contributed by atoms with E-state index < -0.39 is 0 Å². The highest BCUT2D eigenvalue weighted by atomic mass is 79.9. The Morgan fingerprint density at radius 1 is 1.10 bits per heavy atom. The van der Waals surface area contributed by atoms with Crippen LogP contribution in [0.1, 0.15) is 5.56 Å². The molecule has 3 nitrogen and oxygen atoms in total. The molecule has 0 unspecified atom stereocenters. The minimum Gasteiger partial charge on any atom is -0.366 e. The summed E-state index contributed by atoms with van der Waals surface area (Å²) >= 11 is 3.58. The molecule has 0 aliphatic carbocycles. The van der Waals surface area contributed by atoms with E-state index in [9.17, 15) is 4.39 Å². The van der Waals surface area contributed by atoms with Gasteiger partial charge in [0.1, 0.15) is 11.6 Å². The Morgan fingerprint density at radius 2 is 1.76 bits per heavy atom. The molecule has 21 heavy (non-hydrogen) atoms. The molecular formula is C16H17BrFN3. The molecule has 0 bridgehead atoms. The van der Waals surface area contributed by atoms with Gasteiger partial charge in [0.25, 0.3) is 0 Å². The van der Waals surface area contributed by atoms with Gasteiger partial charge >= 0.3 is 0 Å². The fourth-order valence-corrected chi connectivity index (χ4v) is 3.34. The van der Waals surface area contributed by atoms with E-state index in [0.29, 0.717) is 5.69 Å². The summed E-state index contributed by atoms with van der Waals surface area (Å²) in [4.78, 5) is 8.83. The van der Waals surface area contributed by atoms with Crippen LogP contribution in [0, 0.1) is 12.7 Å². The first-order chi connectivity index (χ1) is 10.1. The van der Waals surface area contributed by atoms with Crippen LogP contribution in [-0.2, 0) is 0 Å². The second-order valence-electron chi connectivity index (χ2n) is 5.24. The van der Waals surface area contributed by atoms with Crippen LogP contribution >= 0.6 is 15.9 Å². The van der Waals surface area contributed by atoms with E-state index in [2.05, 4.69) is 36.8 Å². The number of piperazine rings is 1. The lowest BCUT2D eigenvalue weighted by Crippen LogP contribution is -2.47. The van der Waals surface area contributed by atoms with E-state index in [-0.39, 0.29) is 5.82 Å². The maximum absolute atomic E-state index is 13.8. The van der Waals surface area contributed by atoms with Crippen LogP contribution in [0.5, 0.6) is 0 Å². The molecule has 0 amide bonds. The average Bonchev–Trinajstić information content (AvgIpc) is 2.48. The fourth-order valence-electron chi connectivity index (χ4n) is 2.63. The molecule has 0 radical (unpaired) electrons. The van der Waals surface area contributed by atoms with Crippen molar-refractivity contribution in [2.24, 2.45) is 0 Å². The lowest BCUT2D eigenvalue weighted by molar-refractivity contribution is 0.596. The van der Waals surface area contributed by atoms with Crippen molar-refractivity contribution in [2.75, 3.05) is 36.0 Å². The molecule has 0 saturated carbocycles. The smallest absolute Gasteiger partial charge is 0.146 e. The van der Waals surface area contributed by atoms with Crippen LogP contribution < -0.4 is 9.80 Å². The summed E-state index contributed by atoms with van der Waals surface area (Å²) < 4.78 is 14.8. The summed E-state index contributed by atoms with van der Waals surface area (Å²) in [6, 6.07) is 9.03. The molecule has 1 aliphatic rings. The molecule has 1 aromatic heterocycles. The summed E-state index contributed by atoms with van der Waals surface area (Å²) in [5, 5.41) is 0. The van der Waals surface area contributed by atoms with E-state index in [1.165, 1.54) is 6.07 Å². The lowest BCUT2D eigenvalue weighted by atomic mass is 10.2. The predicted molar refractivity (Wildman–Crippen MR) is 87.5 cm³/mol. The van der Waals surface area contributed by atoms with Gasteiger partial charge in [-0.1, -0.05) is 12.1 Å². The van der Waals surface area contributed by atoms with Crippen LogP contribution in [0.15, 0.2) is 41.0 Å². The number of pyridine rings is 1. The van der Waals surface area contributed by atoms with Gasteiger partial charge in [0, 0.05) is 32.4 Å². The second kappa shape index (κ2) is 6.02. The summed E-state index contributed by atoms with van der Waals surface area (Å²) in [5.74, 6) is 0.814. The molecule has 0 spiro atoms. The number of hydrogen-bond acceptors (Lipinski definition) is 3. The minimum absolute atomic E-state index is 0.152. The molecular weight excluding hydrogens is 333 g/mol. The van der Waals surface area contributed by atoms with Crippen LogP contribution in [-0.4, -0.2) is 31.2 Å². The summed E-state index contributed by atoms with van der Waals surface area (Å²) in [6.07, 6.45) is 1.88. The number of aryl methyl sites for hydroxylation is 1. The van der Waals surface area contributed by atoms with Crippen LogP contribution in [0.3, 0.4) is 0 Å². The molecule has 5 heteroatoms. The molecule has 1 aromatic carbocycles. The predicted octanol–water partition coefficient (Wildman–Crippen LogP) is 3.62. The van der Waals surface area contributed by atoms with Crippen molar-refractivity contribution < 1.29 is 4.39 Å². The molecule has 3 rings (SSSR count). The summed E-state index contributed by atoms with van der Waals surface area (Å²) in [5.41, 5.74) is 1.82. The lowest BCUT2D eigenvalue weighted by Gasteiger charge is -2.37. The van der Waals surface area contributed by atoms with E-state index in [4.69, 9.17) is 0 Å². The van der Waals surface area contributed by atoms with Crippen LogP contribution in [0.4, 0.5) is 15.9 Å². The van der Waals surface area contributed by atoms with E-state index in [1.807, 2.05) is 25.3 Å². The van der Waals surface area contributed by atoms with Crippen molar-refractivity contribution in [1.82, 2.24) is 4.98 Å². The zero-order valence-corrected chi connectivity index (χ0v) is 13.5. The maximum Gasteiger partial charge on any atom is 0.146 e. The molecule has 2 heterocycles. The first-order valence-electron chi connectivity index (χ1n) is 7.02. The normalized spacial score (nSPS) is 15.4. The third-order valence-electron chi connectivity index (χ3n) is 3.73. The minimum atomic E-state index is -0.152. The fraction of sp³-hybridized carbons (Fsp3) is 0.312. The molecule has 0 atom stereocenters. The van der Waals surface area contributed by atoms with Gasteiger partial charge in [-0.15, -0.1) is 0 Å². The van der Waals surface area contributed by atoms with Gasteiger partial charge in [0.05, 0.1) is 10.2 Å². The first-order valence-corrected chi connectivity index (χ1v) is 7.81. The summed E-state index contributed by atoms with van der Waals surface area (Å²) in [6.45, 7) is 5.29. The number of anilines is 2. The SMILES string of the molecule is Cc1cnc(N2CCN(c3ccccc3F)CC2)c(Br)c1. The van der Waals surface area contributed by atoms with Gasteiger partial charge in [0.15, 0.2) is 0 Å². The topological polar surface area (TPSA) is 19.4 Å². The Bertz CT molecular complexity index is 639. The Balaban J connectivity index is 1.72. The third kappa shape index (κ3) is 3.02. The van der Waals surface area contributed by atoms with Crippen molar-refractivity contribution >= 4 is 27.4 Å². The van der Waals surface area contributed by atoms with Crippen molar-refractivity contribution in [1.29, 1.82) is 0 Å². The van der Waals surface area contributed by atoms with Gasteiger partial charge in [0.2, 0.25) is 0 Å². The highest BCUT2D eigenvalue weighted by Crippen LogP contribution is 2.27. The first kappa shape index (κ1) is 14.3. The Labute approximate surface area is 132 Å². The Hall–Kier alpha value is -1.62. The number of benzene rings is 1. The molecule has 110 valence electrons. The van der Waals surface area contributed by atoms with Crippen LogP contribution in [0.25, 0.3) is 0 Å². The molecule has 1 fully saturated rings. The highest BCUT2D eigenvalue weighted by Gasteiger charge is 2.21. The second-order valence-corrected chi connectivity index (χ2v) is 6.10. The molecule has 2 aromatic rings. The van der Waals surface area contributed by atoms with E-state index in [1.54, 1.807) is 6.07 Å². The highest BCUT2D eigenvalue weighted by molar-refractivity contribution is 9.10. The van der Waals surface area contributed by atoms with E-state index in [0.717, 1.165) is 42.0 Å².